The number of aromatic nitrogens is 2. The quantitative estimate of drug-likeness (QED) is 0.352. The normalized spacial score (nSPS) is 22.1. The molecule has 0 unspecified atom stereocenters. The molecule has 12 nitrogen and oxygen atoms in total. The van der Waals surface area contributed by atoms with E-state index in [4.69, 9.17) is 6.15 Å². The van der Waals surface area contributed by atoms with Crippen LogP contribution in [0.1, 0.15) is 31.1 Å². The van der Waals surface area contributed by atoms with Crippen molar-refractivity contribution in [3.63, 3.8) is 0 Å². The number of hydrogen-bond acceptors (Lipinski definition) is 9. The summed E-state index contributed by atoms with van der Waals surface area (Å²) in [5.41, 5.74) is 0.446. The second-order valence-corrected chi connectivity index (χ2v) is 8.01. The first kappa shape index (κ1) is 23.2. The molecule has 2 aromatic rings. The van der Waals surface area contributed by atoms with E-state index in [1.165, 1.54) is 32.0 Å². The molecule has 0 saturated carbocycles. The molecule has 0 spiro atoms. The number of nitrogens with zero attached hydrogens (tertiary/aromatic N) is 4. The average Bonchev–Trinajstić information content (AvgIpc) is 3.23. The van der Waals surface area contributed by atoms with E-state index in [1.807, 2.05) is 12.1 Å². The number of ether oxygens (including phenoxy) is 1. The van der Waals surface area contributed by atoms with Crippen molar-refractivity contribution < 1.29 is 36.2 Å². The molecule has 0 radical (unpaired) electrons. The van der Waals surface area contributed by atoms with Crippen LogP contribution in [0.5, 0.6) is 0 Å². The van der Waals surface area contributed by atoms with E-state index in [1.54, 1.807) is 0 Å². The third kappa shape index (κ3) is 4.56. The predicted octanol–water partition coefficient (Wildman–Crippen LogP) is -0.457. The number of hydrogen-bond donors (Lipinski definition) is 5. The lowest BCUT2D eigenvalue weighted by atomic mass is 9.91. The maximum absolute atomic E-state index is 12.8. The molecule has 1 aromatic carbocycles. The number of carboxylic acid groups (broad SMARTS) is 1. The number of carboxylic acids is 1. The van der Waals surface area contributed by atoms with Crippen LogP contribution in [0.2, 0.25) is 1.41 Å². The lowest BCUT2D eigenvalue weighted by molar-refractivity contribution is -0.147. The smallest absolute Gasteiger partial charge is 0.370 e. The predicted molar refractivity (Wildman–Crippen MR) is 115 cm³/mol. The molecule has 0 fully saturated rings. The summed E-state index contributed by atoms with van der Waals surface area (Å²) in [6.07, 6.45) is -4.34. The van der Waals surface area contributed by atoms with Gasteiger partial charge in [0.1, 0.15) is 30.1 Å². The maximum atomic E-state index is 12.8. The average molecular weight is 470 g/mol. The number of rotatable bonds is 7. The number of carbonyl (C=O) groups excluding carboxylic acids is 1. The largest absolute Gasteiger partial charge is 0.478 e. The first-order valence-corrected chi connectivity index (χ1v) is 10.3. The topological polar surface area (TPSA) is 202 Å². The highest BCUT2D eigenvalue weighted by Gasteiger charge is 2.45. The van der Waals surface area contributed by atoms with Gasteiger partial charge in [0.25, 0.3) is 0 Å². The summed E-state index contributed by atoms with van der Waals surface area (Å²) in [6, 6.07) is 5.51. The second-order valence-electron chi connectivity index (χ2n) is 8.01. The SMILES string of the molecule is [2H]N(C(=O)C(C)C)[C@H]1[C@H]([C@H](O)[C@H](O)CO)OC(C(=O)O)=C[C@@H]1n1nc2ccc(C#N)cc2c1C#N. The standard InChI is InChI=1S/C22H23N5O7/c1-10(2)21(31)25-18-14(6-17(22(32)33)34-20(18)19(30)16(29)9-28)27-15(8-24)12-5-11(7-23)3-4-13(12)26-27/h3-6,10,14,16,18-20,28-30H,9H2,1-2H3,(H,25,31)(H,32,33)/t14-,16+,18+,19+,20+/m0/s1/i/hD. The number of aliphatic hydroxyl groups is 3. The van der Waals surface area contributed by atoms with Crippen molar-refractivity contribution in [1.82, 2.24) is 15.1 Å². The molecular weight excluding hydrogens is 446 g/mol. The molecule has 5 atom stereocenters. The fraction of sp³-hybridized carbons (Fsp3) is 0.409. The third-order valence-electron chi connectivity index (χ3n) is 5.38. The minimum absolute atomic E-state index is 0.0867. The zero-order valence-corrected chi connectivity index (χ0v) is 18.2. The molecule has 1 amide bonds. The van der Waals surface area contributed by atoms with E-state index in [9.17, 15) is 40.5 Å². The molecule has 12 heteroatoms. The molecular formula is C22H23N5O7. The molecule has 3 rings (SSSR count). The minimum atomic E-state index is -1.91. The monoisotopic (exact) mass is 470 g/mol. The molecule has 0 saturated heterocycles. The second kappa shape index (κ2) is 9.89. The Balaban J connectivity index is 2.30. The number of aliphatic hydroxyl groups excluding tert-OH is 3. The first-order chi connectivity index (χ1) is 16.5. The number of fused-ring (bicyclic) bond motifs is 1. The Hall–Kier alpha value is -3.97. The Kier molecular flexibility index (Phi) is 6.75. The summed E-state index contributed by atoms with van der Waals surface area (Å²) in [5, 5.41) is 63.9. The van der Waals surface area contributed by atoms with Gasteiger partial charge in [-0.15, -0.1) is 0 Å². The van der Waals surface area contributed by atoms with Gasteiger partial charge in [0.2, 0.25) is 11.7 Å². The minimum Gasteiger partial charge on any atom is -0.478 e. The van der Waals surface area contributed by atoms with Gasteiger partial charge in [-0.1, -0.05) is 13.8 Å². The maximum Gasteiger partial charge on any atom is 0.370 e. The summed E-state index contributed by atoms with van der Waals surface area (Å²) in [5.74, 6) is -3.61. The van der Waals surface area contributed by atoms with Gasteiger partial charge in [-0.05, 0) is 24.3 Å². The van der Waals surface area contributed by atoms with Crippen molar-refractivity contribution in [3.05, 3.63) is 41.3 Å². The summed E-state index contributed by atoms with van der Waals surface area (Å²) in [7, 11) is 0. The third-order valence-corrected chi connectivity index (χ3v) is 5.38. The van der Waals surface area contributed by atoms with Crippen molar-refractivity contribution >= 4 is 22.8 Å². The summed E-state index contributed by atoms with van der Waals surface area (Å²) in [6.45, 7) is 2.15. The van der Waals surface area contributed by atoms with Crippen LogP contribution in [0.25, 0.3) is 10.9 Å². The van der Waals surface area contributed by atoms with Crippen LogP contribution in [0.3, 0.4) is 0 Å². The van der Waals surface area contributed by atoms with E-state index < -0.39 is 60.6 Å². The number of carbonyl (C=O) groups is 2. The molecule has 1 aliphatic heterocycles. The molecule has 1 aliphatic rings. The van der Waals surface area contributed by atoms with Crippen LogP contribution in [0.4, 0.5) is 0 Å². The number of amides is 1. The zero-order valence-electron chi connectivity index (χ0n) is 19.2. The van der Waals surface area contributed by atoms with Gasteiger partial charge in [0.15, 0.2) is 1.41 Å². The van der Waals surface area contributed by atoms with Gasteiger partial charge in [-0.3, -0.25) is 4.79 Å². The highest BCUT2D eigenvalue weighted by atomic mass is 16.5. The first-order valence-electron chi connectivity index (χ1n) is 10.7. The van der Waals surface area contributed by atoms with Gasteiger partial charge in [0.05, 0.1) is 35.8 Å². The van der Waals surface area contributed by atoms with Gasteiger partial charge >= 0.3 is 5.97 Å². The molecule has 34 heavy (non-hydrogen) atoms. The van der Waals surface area contributed by atoms with E-state index in [0.29, 0.717) is 5.31 Å². The Morgan fingerprint density at radius 1 is 1.32 bits per heavy atom. The Labute approximate surface area is 195 Å². The summed E-state index contributed by atoms with van der Waals surface area (Å²) in [4.78, 5) is 24.6. The highest BCUT2D eigenvalue weighted by molar-refractivity contribution is 5.86. The fourth-order valence-corrected chi connectivity index (χ4v) is 3.58. The molecule has 0 bridgehead atoms. The van der Waals surface area contributed by atoms with Crippen molar-refractivity contribution in [2.75, 3.05) is 6.61 Å². The van der Waals surface area contributed by atoms with E-state index >= 15 is 0 Å². The highest BCUT2D eigenvalue weighted by Crippen LogP contribution is 2.33. The Morgan fingerprint density at radius 2 is 2.03 bits per heavy atom. The number of benzene rings is 1. The van der Waals surface area contributed by atoms with Crippen LogP contribution >= 0.6 is 0 Å². The molecule has 5 N–H and O–H groups in total. The fourth-order valence-electron chi connectivity index (χ4n) is 3.58. The molecule has 0 aliphatic carbocycles. The van der Waals surface area contributed by atoms with E-state index in [-0.39, 0.29) is 22.2 Å². The van der Waals surface area contributed by atoms with Crippen LogP contribution in [0.15, 0.2) is 30.0 Å². The van der Waals surface area contributed by atoms with Crippen molar-refractivity contribution in [2.45, 2.75) is 44.2 Å². The number of nitrogens with one attached hydrogen (secondary N) is 1. The Morgan fingerprint density at radius 3 is 2.59 bits per heavy atom. The van der Waals surface area contributed by atoms with Crippen LogP contribution < -0.4 is 5.31 Å². The lowest BCUT2D eigenvalue weighted by Crippen LogP contribution is -2.59. The molecule has 1 aromatic heterocycles. The lowest BCUT2D eigenvalue weighted by Gasteiger charge is -2.40. The Bertz CT molecular complexity index is 1260. The van der Waals surface area contributed by atoms with Crippen molar-refractivity contribution in [3.8, 4) is 12.1 Å². The van der Waals surface area contributed by atoms with Gasteiger partial charge in [-0.25, -0.2) is 9.48 Å². The summed E-state index contributed by atoms with van der Waals surface area (Å²) < 4.78 is 15.0. The van der Waals surface area contributed by atoms with Crippen molar-refractivity contribution in [1.29, 1.82) is 10.5 Å². The van der Waals surface area contributed by atoms with Crippen molar-refractivity contribution in [2.24, 2.45) is 5.92 Å². The van der Waals surface area contributed by atoms with Crippen LogP contribution in [-0.4, -0.2) is 73.0 Å². The number of nitriles is 2. The van der Waals surface area contributed by atoms with Gasteiger partial charge < -0.3 is 30.5 Å². The van der Waals surface area contributed by atoms with Crippen LogP contribution in [0, 0.1) is 28.6 Å². The van der Waals surface area contributed by atoms with E-state index in [0.717, 1.165) is 10.8 Å². The van der Waals surface area contributed by atoms with Gasteiger partial charge in [0, 0.05) is 11.3 Å². The van der Waals surface area contributed by atoms with E-state index in [2.05, 4.69) is 5.10 Å². The molecule has 178 valence electrons. The number of aliphatic carboxylic acids is 1. The van der Waals surface area contributed by atoms with Gasteiger partial charge in [-0.2, -0.15) is 15.6 Å². The zero-order chi connectivity index (χ0) is 26.0. The van der Waals surface area contributed by atoms with Crippen LogP contribution in [-0.2, 0) is 14.3 Å². The molecule has 2 heterocycles. The summed E-state index contributed by atoms with van der Waals surface area (Å²) >= 11 is 0.